The number of aromatic nitrogens is 2. The lowest BCUT2D eigenvalue weighted by atomic mass is 9.89. The van der Waals surface area contributed by atoms with Gasteiger partial charge in [0.05, 0.1) is 17.9 Å². The van der Waals surface area contributed by atoms with Gasteiger partial charge in [-0.3, -0.25) is 14.7 Å². The van der Waals surface area contributed by atoms with E-state index in [1.807, 2.05) is 32.6 Å². The van der Waals surface area contributed by atoms with Gasteiger partial charge < -0.3 is 9.64 Å². The molecule has 0 saturated carbocycles. The minimum absolute atomic E-state index is 0.0290. The van der Waals surface area contributed by atoms with Crippen molar-refractivity contribution in [3.05, 3.63) is 18.1 Å². The molecular weight excluding hydrogens is 332 g/mol. The summed E-state index contributed by atoms with van der Waals surface area (Å²) in [6, 6.07) is -0.0290. The summed E-state index contributed by atoms with van der Waals surface area (Å²) in [6.45, 7) is 9.80. The van der Waals surface area contributed by atoms with Gasteiger partial charge in [-0.2, -0.15) is 0 Å². The van der Waals surface area contributed by atoms with Crippen molar-refractivity contribution < 1.29 is 14.3 Å². The van der Waals surface area contributed by atoms with Crippen LogP contribution in [0, 0.1) is 11.3 Å². The zero-order valence-electron chi connectivity index (χ0n) is 16.1. The minimum atomic E-state index is -0.363. The van der Waals surface area contributed by atoms with Crippen LogP contribution >= 0.6 is 0 Å². The maximum absolute atomic E-state index is 12.4. The van der Waals surface area contributed by atoms with E-state index >= 15 is 0 Å². The number of anilines is 1. The lowest BCUT2D eigenvalue weighted by Gasteiger charge is -2.35. The fraction of sp³-hybridized carbons (Fsp3) is 0.684. The average Bonchev–Trinajstić information content (AvgIpc) is 2.93. The molecule has 26 heavy (non-hydrogen) atoms. The third kappa shape index (κ3) is 3.97. The summed E-state index contributed by atoms with van der Waals surface area (Å²) in [4.78, 5) is 36.7. The van der Waals surface area contributed by atoms with Gasteiger partial charge in [-0.1, -0.05) is 20.8 Å². The number of ether oxygens (including phenoxy) is 1. The number of amides is 2. The highest BCUT2D eigenvalue weighted by molar-refractivity contribution is 5.88. The molecule has 2 fully saturated rings. The predicted octanol–water partition coefficient (Wildman–Crippen LogP) is 2.65. The monoisotopic (exact) mass is 360 g/mol. The number of carbonyl (C=O) groups is 2. The van der Waals surface area contributed by atoms with E-state index in [2.05, 4.69) is 9.97 Å². The van der Waals surface area contributed by atoms with Crippen molar-refractivity contribution >= 4 is 17.8 Å². The van der Waals surface area contributed by atoms with Crippen LogP contribution in [0.5, 0.6) is 0 Å². The van der Waals surface area contributed by atoms with Crippen LogP contribution in [0.25, 0.3) is 0 Å². The first-order chi connectivity index (χ1) is 12.3. The predicted molar refractivity (Wildman–Crippen MR) is 97.8 cm³/mol. The van der Waals surface area contributed by atoms with Gasteiger partial charge in [-0.25, -0.2) is 9.78 Å². The van der Waals surface area contributed by atoms with Gasteiger partial charge in [-0.15, -0.1) is 0 Å². The standard InChI is InChI=1S/C19H28N4O3/c1-13-12-26-18(25)23(13)16-11-20-10-15(21-16)9-14-5-7-22(8-6-14)17(24)19(2,3)4/h10-11,13-14H,5-9,12H2,1-4H3. The van der Waals surface area contributed by atoms with Gasteiger partial charge in [0, 0.05) is 24.7 Å². The van der Waals surface area contributed by atoms with Gasteiger partial charge in [0.2, 0.25) is 5.91 Å². The van der Waals surface area contributed by atoms with E-state index in [-0.39, 0.29) is 23.5 Å². The Balaban J connectivity index is 1.60. The molecule has 142 valence electrons. The highest BCUT2D eigenvalue weighted by Gasteiger charge is 2.33. The first kappa shape index (κ1) is 18.6. The molecule has 1 unspecified atom stereocenters. The summed E-state index contributed by atoms with van der Waals surface area (Å²) in [6.07, 6.45) is 5.76. The summed E-state index contributed by atoms with van der Waals surface area (Å²) in [5, 5.41) is 0. The molecule has 0 bridgehead atoms. The summed E-state index contributed by atoms with van der Waals surface area (Å²) < 4.78 is 5.07. The van der Waals surface area contributed by atoms with E-state index < -0.39 is 0 Å². The van der Waals surface area contributed by atoms with E-state index in [0.29, 0.717) is 18.3 Å². The number of likely N-dealkylation sites (tertiary alicyclic amines) is 1. The normalized spacial score (nSPS) is 21.8. The quantitative estimate of drug-likeness (QED) is 0.828. The van der Waals surface area contributed by atoms with Crippen molar-refractivity contribution in [1.82, 2.24) is 14.9 Å². The number of carbonyl (C=O) groups excluding carboxylic acids is 2. The zero-order valence-corrected chi connectivity index (χ0v) is 16.1. The van der Waals surface area contributed by atoms with Crippen molar-refractivity contribution in [2.45, 2.75) is 53.0 Å². The van der Waals surface area contributed by atoms with Crippen LogP contribution in [0.3, 0.4) is 0 Å². The number of hydrogen-bond donors (Lipinski definition) is 0. The molecular formula is C19H28N4O3. The van der Waals surface area contributed by atoms with Crippen molar-refractivity contribution in [2.75, 3.05) is 24.6 Å². The van der Waals surface area contributed by atoms with Crippen LogP contribution < -0.4 is 4.90 Å². The van der Waals surface area contributed by atoms with Crippen LogP contribution in [-0.4, -0.2) is 52.6 Å². The Morgan fingerprint density at radius 2 is 1.96 bits per heavy atom. The second-order valence-electron chi connectivity index (χ2n) is 8.35. The Labute approximate surface area is 154 Å². The number of rotatable bonds is 3. The Hall–Kier alpha value is -2.18. The van der Waals surface area contributed by atoms with Crippen LogP contribution in [-0.2, 0) is 16.0 Å². The Bertz CT molecular complexity index is 678. The van der Waals surface area contributed by atoms with Gasteiger partial charge in [-0.05, 0) is 32.1 Å². The molecule has 3 heterocycles. The van der Waals surface area contributed by atoms with Crippen molar-refractivity contribution in [1.29, 1.82) is 0 Å². The lowest BCUT2D eigenvalue weighted by molar-refractivity contribution is -0.140. The zero-order chi connectivity index (χ0) is 18.9. The summed E-state index contributed by atoms with van der Waals surface area (Å²) in [7, 11) is 0. The second-order valence-corrected chi connectivity index (χ2v) is 8.35. The fourth-order valence-electron chi connectivity index (χ4n) is 3.55. The lowest BCUT2D eigenvalue weighted by Crippen LogP contribution is -2.44. The molecule has 0 aromatic carbocycles. The topological polar surface area (TPSA) is 75.6 Å². The van der Waals surface area contributed by atoms with Crippen LogP contribution in [0.1, 0.15) is 46.2 Å². The smallest absolute Gasteiger partial charge is 0.415 e. The molecule has 2 aliphatic heterocycles. The van der Waals surface area contributed by atoms with Crippen molar-refractivity contribution in [3.63, 3.8) is 0 Å². The Morgan fingerprint density at radius 1 is 1.27 bits per heavy atom. The molecule has 0 spiro atoms. The van der Waals surface area contributed by atoms with E-state index in [1.54, 1.807) is 17.3 Å². The van der Waals surface area contributed by atoms with Gasteiger partial charge in [0.25, 0.3) is 0 Å². The number of cyclic esters (lactones) is 1. The van der Waals surface area contributed by atoms with Crippen molar-refractivity contribution in [2.24, 2.45) is 11.3 Å². The number of piperidine rings is 1. The second kappa shape index (κ2) is 7.21. The molecule has 1 aromatic heterocycles. The SMILES string of the molecule is CC1COC(=O)N1c1cncc(CC2CCN(C(=O)C(C)(C)C)CC2)n1. The van der Waals surface area contributed by atoms with Crippen LogP contribution in [0.2, 0.25) is 0 Å². The number of nitrogens with zero attached hydrogens (tertiary/aromatic N) is 4. The van der Waals surface area contributed by atoms with Crippen LogP contribution in [0.15, 0.2) is 12.4 Å². The first-order valence-corrected chi connectivity index (χ1v) is 9.32. The molecule has 2 amide bonds. The minimum Gasteiger partial charge on any atom is -0.447 e. The molecule has 2 saturated heterocycles. The van der Waals surface area contributed by atoms with Gasteiger partial charge >= 0.3 is 6.09 Å². The Kier molecular flexibility index (Phi) is 5.16. The molecule has 7 heteroatoms. The van der Waals surface area contributed by atoms with E-state index in [9.17, 15) is 9.59 Å². The molecule has 0 N–H and O–H groups in total. The largest absolute Gasteiger partial charge is 0.447 e. The molecule has 1 aromatic rings. The van der Waals surface area contributed by atoms with Crippen molar-refractivity contribution in [3.8, 4) is 0 Å². The Morgan fingerprint density at radius 3 is 2.54 bits per heavy atom. The van der Waals surface area contributed by atoms with Gasteiger partial charge in [0.15, 0.2) is 5.82 Å². The molecule has 3 rings (SSSR count). The summed E-state index contributed by atoms with van der Waals surface area (Å²) >= 11 is 0. The average molecular weight is 360 g/mol. The third-order valence-corrected chi connectivity index (χ3v) is 5.05. The van der Waals surface area contributed by atoms with Gasteiger partial charge in [0.1, 0.15) is 6.61 Å². The van der Waals surface area contributed by atoms with E-state index in [4.69, 9.17) is 4.74 Å². The molecule has 2 aliphatic rings. The molecule has 0 radical (unpaired) electrons. The highest BCUT2D eigenvalue weighted by atomic mass is 16.6. The molecule has 1 atom stereocenters. The van der Waals surface area contributed by atoms with E-state index in [0.717, 1.165) is 38.0 Å². The molecule has 0 aliphatic carbocycles. The maximum Gasteiger partial charge on any atom is 0.415 e. The highest BCUT2D eigenvalue weighted by Crippen LogP contribution is 2.26. The maximum atomic E-state index is 12.4. The van der Waals surface area contributed by atoms with Crippen LogP contribution in [0.4, 0.5) is 10.6 Å². The molecule has 7 nitrogen and oxygen atoms in total. The summed E-state index contributed by atoms with van der Waals surface area (Å²) in [5.74, 6) is 1.25. The number of hydrogen-bond acceptors (Lipinski definition) is 5. The summed E-state index contributed by atoms with van der Waals surface area (Å²) in [5.41, 5.74) is 0.559. The first-order valence-electron chi connectivity index (χ1n) is 9.32. The van der Waals surface area contributed by atoms with E-state index in [1.165, 1.54) is 0 Å². The fourth-order valence-corrected chi connectivity index (χ4v) is 3.55. The third-order valence-electron chi connectivity index (χ3n) is 5.05.